The fraction of sp³-hybridized carbons (Fsp3) is 0.143. The maximum absolute atomic E-state index is 13.8. The fourth-order valence-corrected chi connectivity index (χ4v) is 3.84. The average Bonchev–Trinajstić information content (AvgIpc) is 2.71. The van der Waals surface area contributed by atoms with Crippen molar-refractivity contribution in [1.82, 2.24) is 9.71 Å². The van der Waals surface area contributed by atoms with Crippen LogP contribution < -0.4 is 14.2 Å². The molecule has 0 fully saturated rings. The number of rotatable bonds is 6. The molecule has 180 valence electrons. The second-order valence-electron chi connectivity index (χ2n) is 6.90. The number of benzene rings is 2. The Morgan fingerprint density at radius 1 is 1.06 bits per heavy atom. The van der Waals surface area contributed by atoms with E-state index in [4.69, 9.17) is 32.7 Å². The molecule has 0 unspecified atom stereocenters. The molecule has 2 aromatic carbocycles. The lowest BCUT2D eigenvalue weighted by Gasteiger charge is -2.16. The van der Waals surface area contributed by atoms with Crippen LogP contribution in [0.2, 0.25) is 10.0 Å². The van der Waals surface area contributed by atoms with E-state index in [2.05, 4.69) is 4.98 Å². The van der Waals surface area contributed by atoms with E-state index >= 15 is 0 Å². The second-order valence-corrected chi connectivity index (χ2v) is 9.52. The predicted molar refractivity (Wildman–Crippen MR) is 120 cm³/mol. The van der Waals surface area contributed by atoms with Crippen molar-refractivity contribution in [3.05, 3.63) is 69.8 Å². The van der Waals surface area contributed by atoms with Crippen molar-refractivity contribution in [3.63, 3.8) is 0 Å². The SMILES string of the molecule is COc1cc(C(=O)NS(C)(=O)=O)ccc1-c1cnc(Oc2cc(Cl)cc(Cl)c2)c(C(F)(F)F)c1. The lowest BCUT2D eigenvalue weighted by Crippen LogP contribution is -2.29. The Hall–Kier alpha value is -3.02. The predicted octanol–water partition coefficient (Wildman–Crippen LogP) is 5.56. The molecular weight excluding hydrogens is 520 g/mol. The van der Waals surface area contributed by atoms with Gasteiger partial charge in [-0.1, -0.05) is 23.2 Å². The van der Waals surface area contributed by atoms with Crippen molar-refractivity contribution in [3.8, 4) is 28.5 Å². The van der Waals surface area contributed by atoms with E-state index in [1.165, 1.54) is 43.5 Å². The van der Waals surface area contributed by atoms with Crippen molar-refractivity contribution in [1.29, 1.82) is 0 Å². The van der Waals surface area contributed by atoms with Gasteiger partial charge in [0.05, 0.1) is 13.4 Å². The highest BCUT2D eigenvalue weighted by molar-refractivity contribution is 7.89. The third-order valence-corrected chi connectivity index (χ3v) is 5.25. The van der Waals surface area contributed by atoms with Crippen LogP contribution in [0.4, 0.5) is 13.2 Å². The molecule has 0 saturated heterocycles. The zero-order chi connectivity index (χ0) is 25.3. The van der Waals surface area contributed by atoms with E-state index in [-0.39, 0.29) is 38.2 Å². The lowest BCUT2D eigenvalue weighted by atomic mass is 10.0. The number of sulfonamides is 1. The molecule has 3 rings (SSSR count). The normalized spacial score (nSPS) is 11.7. The highest BCUT2D eigenvalue weighted by atomic mass is 35.5. The van der Waals surface area contributed by atoms with Gasteiger partial charge in [0.15, 0.2) is 0 Å². The summed E-state index contributed by atoms with van der Waals surface area (Å²) in [4.78, 5) is 15.9. The van der Waals surface area contributed by atoms with E-state index in [9.17, 15) is 26.4 Å². The molecule has 34 heavy (non-hydrogen) atoms. The van der Waals surface area contributed by atoms with Gasteiger partial charge in [0.2, 0.25) is 15.9 Å². The molecule has 0 bridgehead atoms. The van der Waals surface area contributed by atoms with Crippen molar-refractivity contribution in [2.75, 3.05) is 13.4 Å². The Kier molecular flexibility index (Phi) is 7.29. The van der Waals surface area contributed by atoms with E-state index in [0.717, 1.165) is 18.5 Å². The summed E-state index contributed by atoms with van der Waals surface area (Å²) in [5, 5.41) is 0.329. The van der Waals surface area contributed by atoms with Crippen molar-refractivity contribution in [2.45, 2.75) is 6.18 Å². The molecule has 1 amide bonds. The van der Waals surface area contributed by atoms with Gasteiger partial charge in [0.25, 0.3) is 5.91 Å². The van der Waals surface area contributed by atoms with Gasteiger partial charge in [-0.15, -0.1) is 0 Å². The van der Waals surface area contributed by atoms with Crippen LogP contribution in [0.3, 0.4) is 0 Å². The Bertz CT molecular complexity index is 1340. The zero-order valence-corrected chi connectivity index (χ0v) is 19.7. The first kappa shape index (κ1) is 25.6. The lowest BCUT2D eigenvalue weighted by molar-refractivity contribution is -0.138. The molecule has 1 heterocycles. The summed E-state index contributed by atoms with van der Waals surface area (Å²) in [5.74, 6) is -1.67. The van der Waals surface area contributed by atoms with Gasteiger partial charge >= 0.3 is 6.18 Å². The minimum Gasteiger partial charge on any atom is -0.496 e. The van der Waals surface area contributed by atoms with E-state index in [1.807, 2.05) is 0 Å². The van der Waals surface area contributed by atoms with Crippen LogP contribution in [0.25, 0.3) is 11.1 Å². The minimum atomic E-state index is -4.83. The Morgan fingerprint density at radius 3 is 2.26 bits per heavy atom. The molecule has 0 saturated carbocycles. The first-order chi connectivity index (χ1) is 15.8. The van der Waals surface area contributed by atoms with Gasteiger partial charge in [-0.25, -0.2) is 18.1 Å². The number of methoxy groups -OCH3 is 1. The fourth-order valence-electron chi connectivity index (χ4n) is 2.88. The first-order valence-corrected chi connectivity index (χ1v) is 11.8. The molecule has 1 N–H and O–H groups in total. The zero-order valence-electron chi connectivity index (χ0n) is 17.4. The smallest absolute Gasteiger partial charge is 0.421 e. The van der Waals surface area contributed by atoms with Crippen LogP contribution in [0, 0.1) is 0 Å². The van der Waals surface area contributed by atoms with Crippen LogP contribution in [-0.4, -0.2) is 32.7 Å². The summed E-state index contributed by atoms with van der Waals surface area (Å²) in [6, 6.07) is 8.51. The summed E-state index contributed by atoms with van der Waals surface area (Å²) < 4.78 is 76.3. The van der Waals surface area contributed by atoms with E-state index in [0.29, 0.717) is 0 Å². The number of nitrogens with one attached hydrogen (secondary N) is 1. The number of aromatic nitrogens is 1. The summed E-state index contributed by atoms with van der Waals surface area (Å²) in [7, 11) is -2.57. The number of ether oxygens (including phenoxy) is 2. The molecular formula is C21H15Cl2F3N2O5S. The minimum absolute atomic E-state index is 0.00993. The summed E-state index contributed by atoms with van der Waals surface area (Å²) in [5.41, 5.74) is -1.07. The van der Waals surface area contributed by atoms with Gasteiger partial charge < -0.3 is 9.47 Å². The Morgan fingerprint density at radius 2 is 1.71 bits per heavy atom. The number of alkyl halides is 3. The number of nitrogens with zero attached hydrogens (tertiary/aromatic N) is 1. The third-order valence-electron chi connectivity index (χ3n) is 4.26. The first-order valence-electron chi connectivity index (χ1n) is 9.18. The topological polar surface area (TPSA) is 94.6 Å². The number of amides is 1. The summed E-state index contributed by atoms with van der Waals surface area (Å²) in [6.45, 7) is 0. The van der Waals surface area contributed by atoms with Crippen LogP contribution in [-0.2, 0) is 16.2 Å². The second kappa shape index (κ2) is 9.69. The molecule has 13 heteroatoms. The largest absolute Gasteiger partial charge is 0.496 e. The molecule has 0 spiro atoms. The highest BCUT2D eigenvalue weighted by Gasteiger charge is 2.36. The number of halogens is 5. The van der Waals surface area contributed by atoms with Crippen molar-refractivity contribution >= 4 is 39.1 Å². The van der Waals surface area contributed by atoms with Crippen LogP contribution >= 0.6 is 23.2 Å². The van der Waals surface area contributed by atoms with Crippen LogP contribution in [0.15, 0.2) is 48.7 Å². The highest BCUT2D eigenvalue weighted by Crippen LogP contribution is 2.41. The van der Waals surface area contributed by atoms with E-state index in [1.54, 1.807) is 4.72 Å². The molecule has 0 radical (unpaired) electrons. The molecule has 0 aliphatic rings. The van der Waals surface area contributed by atoms with Gasteiger partial charge in [0, 0.05) is 32.9 Å². The van der Waals surface area contributed by atoms with E-state index < -0.39 is 33.6 Å². The number of carbonyl (C=O) groups is 1. The maximum atomic E-state index is 13.8. The molecule has 1 aromatic heterocycles. The van der Waals surface area contributed by atoms with Gasteiger partial charge in [0.1, 0.15) is 17.1 Å². The number of hydrogen-bond donors (Lipinski definition) is 1. The van der Waals surface area contributed by atoms with Crippen LogP contribution in [0.1, 0.15) is 15.9 Å². The molecule has 3 aromatic rings. The summed E-state index contributed by atoms with van der Waals surface area (Å²) >= 11 is 11.7. The van der Waals surface area contributed by atoms with Crippen LogP contribution in [0.5, 0.6) is 17.4 Å². The third kappa shape index (κ3) is 6.31. The molecule has 0 atom stereocenters. The average molecular weight is 535 g/mol. The standard InChI is InChI=1S/C21H15Cl2F3N2O5S/c1-32-18-6-11(19(29)28-34(2,30)31)3-4-16(18)12-5-17(21(24,25)26)20(27-10-12)33-15-8-13(22)7-14(23)9-15/h3-10H,1-2H3,(H,28,29). The van der Waals surface area contributed by atoms with Crippen molar-refractivity contribution < 1.29 is 35.9 Å². The maximum Gasteiger partial charge on any atom is 0.421 e. The summed E-state index contributed by atoms with van der Waals surface area (Å²) in [6.07, 6.45) is -2.89. The molecule has 7 nitrogen and oxygen atoms in total. The van der Waals surface area contributed by atoms with Gasteiger partial charge in [-0.2, -0.15) is 13.2 Å². The molecule has 0 aliphatic carbocycles. The van der Waals surface area contributed by atoms with Crippen molar-refractivity contribution in [2.24, 2.45) is 0 Å². The number of pyridine rings is 1. The van der Waals surface area contributed by atoms with Gasteiger partial charge in [-0.3, -0.25) is 4.79 Å². The monoisotopic (exact) mass is 534 g/mol. The quantitative estimate of drug-likeness (QED) is 0.444. The number of hydrogen-bond acceptors (Lipinski definition) is 6. The Balaban J connectivity index is 2.04. The molecule has 0 aliphatic heterocycles. The number of carbonyl (C=O) groups excluding carboxylic acids is 1. The Labute approximate surface area is 202 Å². The van der Waals surface area contributed by atoms with Gasteiger partial charge in [-0.05, 0) is 42.5 Å².